The van der Waals surface area contributed by atoms with Gasteiger partial charge in [0.25, 0.3) is 5.56 Å². The molecule has 84 valence electrons. The molecule has 0 unspecified atom stereocenters. The Hall–Kier alpha value is -1.69. The number of carbonyl (C=O) groups is 1. The second-order valence-electron chi connectivity index (χ2n) is 3.19. The lowest BCUT2D eigenvalue weighted by atomic mass is 10.3. The molecule has 2 aromatic heterocycles. The third-order valence-corrected chi connectivity index (χ3v) is 3.01. The summed E-state index contributed by atoms with van der Waals surface area (Å²) in [5, 5.41) is 2.29. The summed E-state index contributed by atoms with van der Waals surface area (Å²) in [5.74, 6) is -0.650. The van der Waals surface area contributed by atoms with Gasteiger partial charge in [-0.3, -0.25) is 4.79 Å². The van der Waals surface area contributed by atoms with Gasteiger partial charge in [-0.05, 0) is 13.8 Å². The number of thiophene rings is 1. The highest BCUT2D eigenvalue weighted by molar-refractivity contribution is 7.11. The lowest BCUT2D eigenvalue weighted by Crippen LogP contribution is -2.17. The number of carbonyl (C=O) groups excluding carboxylic acids is 1. The van der Waals surface area contributed by atoms with Gasteiger partial charge in [0.15, 0.2) is 0 Å². The average molecular weight is 238 g/mol. The number of aromatic amines is 1. The summed E-state index contributed by atoms with van der Waals surface area (Å²) in [6, 6.07) is 0. The van der Waals surface area contributed by atoms with Crippen molar-refractivity contribution >= 4 is 28.2 Å². The fourth-order valence-corrected chi connectivity index (χ4v) is 2.19. The molecule has 0 atom stereocenters. The van der Waals surface area contributed by atoms with Crippen molar-refractivity contribution in [2.45, 2.75) is 13.8 Å². The average Bonchev–Trinajstić information content (AvgIpc) is 2.61. The summed E-state index contributed by atoms with van der Waals surface area (Å²) in [6.45, 7) is 3.79. The van der Waals surface area contributed by atoms with Gasteiger partial charge in [-0.25, -0.2) is 9.78 Å². The Morgan fingerprint density at radius 1 is 1.62 bits per heavy atom. The van der Waals surface area contributed by atoms with Crippen LogP contribution in [0.2, 0.25) is 0 Å². The van der Waals surface area contributed by atoms with Crippen LogP contribution in [0.15, 0.2) is 10.2 Å². The van der Waals surface area contributed by atoms with Crippen LogP contribution in [0.5, 0.6) is 0 Å². The molecule has 6 heteroatoms. The molecule has 2 rings (SSSR count). The zero-order valence-electron chi connectivity index (χ0n) is 8.86. The predicted octanol–water partition coefficient (Wildman–Crippen LogP) is 1.47. The monoisotopic (exact) mass is 238 g/mol. The number of esters is 1. The van der Waals surface area contributed by atoms with Crippen molar-refractivity contribution in [1.29, 1.82) is 0 Å². The maximum atomic E-state index is 11.7. The van der Waals surface area contributed by atoms with E-state index in [4.69, 9.17) is 4.74 Å². The van der Waals surface area contributed by atoms with Gasteiger partial charge in [-0.2, -0.15) is 0 Å². The molecular formula is C10H10N2O3S. The molecule has 0 fully saturated rings. The fraction of sp³-hybridized carbons (Fsp3) is 0.300. The van der Waals surface area contributed by atoms with Crippen LogP contribution in [0.1, 0.15) is 22.4 Å². The molecule has 0 radical (unpaired) electrons. The number of H-pyrrole nitrogens is 1. The SMILES string of the molecule is CCOC(=O)c1nc2csc(C)c2c(=O)[nH]1. The summed E-state index contributed by atoms with van der Waals surface area (Å²) in [5.41, 5.74) is 0.237. The summed E-state index contributed by atoms with van der Waals surface area (Å²) < 4.78 is 4.77. The van der Waals surface area contributed by atoms with E-state index in [9.17, 15) is 9.59 Å². The van der Waals surface area contributed by atoms with Crippen molar-refractivity contribution in [2.75, 3.05) is 6.61 Å². The number of fused-ring (bicyclic) bond motifs is 1. The van der Waals surface area contributed by atoms with E-state index in [-0.39, 0.29) is 18.0 Å². The first-order valence-corrected chi connectivity index (χ1v) is 5.66. The molecule has 0 aliphatic rings. The van der Waals surface area contributed by atoms with Crippen molar-refractivity contribution in [3.8, 4) is 0 Å². The van der Waals surface area contributed by atoms with E-state index in [1.165, 1.54) is 11.3 Å². The number of hydrogen-bond donors (Lipinski definition) is 1. The van der Waals surface area contributed by atoms with Crippen molar-refractivity contribution < 1.29 is 9.53 Å². The van der Waals surface area contributed by atoms with Crippen LogP contribution in [-0.4, -0.2) is 22.5 Å². The van der Waals surface area contributed by atoms with Crippen molar-refractivity contribution in [3.05, 3.63) is 26.4 Å². The minimum absolute atomic E-state index is 0.0443. The zero-order chi connectivity index (χ0) is 11.7. The summed E-state index contributed by atoms with van der Waals surface area (Å²) in [7, 11) is 0. The zero-order valence-corrected chi connectivity index (χ0v) is 9.68. The maximum Gasteiger partial charge on any atom is 0.374 e. The molecule has 0 bridgehead atoms. The second-order valence-corrected chi connectivity index (χ2v) is 4.27. The van der Waals surface area contributed by atoms with Crippen LogP contribution in [0.25, 0.3) is 10.9 Å². The highest BCUT2D eigenvalue weighted by atomic mass is 32.1. The van der Waals surface area contributed by atoms with Crippen LogP contribution in [-0.2, 0) is 4.74 Å². The van der Waals surface area contributed by atoms with Crippen LogP contribution in [0.4, 0.5) is 0 Å². The molecule has 0 spiro atoms. The fourth-order valence-electron chi connectivity index (χ4n) is 1.42. The maximum absolute atomic E-state index is 11.7. The van der Waals surface area contributed by atoms with Crippen LogP contribution >= 0.6 is 11.3 Å². The normalized spacial score (nSPS) is 10.6. The Morgan fingerprint density at radius 2 is 2.38 bits per heavy atom. The minimum Gasteiger partial charge on any atom is -0.460 e. The number of nitrogens with one attached hydrogen (secondary N) is 1. The molecule has 0 saturated carbocycles. The Kier molecular flexibility index (Phi) is 2.74. The van der Waals surface area contributed by atoms with Gasteiger partial charge in [0, 0.05) is 10.3 Å². The molecule has 2 heterocycles. The minimum atomic E-state index is -0.606. The van der Waals surface area contributed by atoms with Gasteiger partial charge in [-0.15, -0.1) is 11.3 Å². The molecule has 1 N–H and O–H groups in total. The largest absolute Gasteiger partial charge is 0.460 e. The highest BCUT2D eigenvalue weighted by Crippen LogP contribution is 2.19. The molecule has 16 heavy (non-hydrogen) atoms. The Bertz CT molecular complexity index is 600. The van der Waals surface area contributed by atoms with Crippen molar-refractivity contribution in [1.82, 2.24) is 9.97 Å². The molecule has 0 aliphatic heterocycles. The van der Waals surface area contributed by atoms with Crippen molar-refractivity contribution in [3.63, 3.8) is 0 Å². The molecule has 0 saturated heterocycles. The van der Waals surface area contributed by atoms with Crippen LogP contribution < -0.4 is 5.56 Å². The molecule has 0 aromatic carbocycles. The molecule has 5 nitrogen and oxygen atoms in total. The van der Waals surface area contributed by atoms with Gasteiger partial charge in [0.05, 0.1) is 17.5 Å². The second kappa shape index (κ2) is 4.05. The topological polar surface area (TPSA) is 72.0 Å². The first-order chi connectivity index (χ1) is 7.63. The highest BCUT2D eigenvalue weighted by Gasteiger charge is 2.14. The predicted molar refractivity (Wildman–Crippen MR) is 60.9 cm³/mol. The standard InChI is InChI=1S/C10H10N2O3S/c1-3-15-10(14)8-11-6-4-16-5(2)7(6)9(13)12-8/h4H,3H2,1-2H3,(H,11,12,13). The Balaban J connectivity index is 2.59. The van der Waals surface area contributed by atoms with Crippen molar-refractivity contribution in [2.24, 2.45) is 0 Å². The number of nitrogens with zero attached hydrogens (tertiary/aromatic N) is 1. The van der Waals surface area contributed by atoms with E-state index in [1.54, 1.807) is 12.3 Å². The first-order valence-electron chi connectivity index (χ1n) is 4.78. The van der Waals surface area contributed by atoms with E-state index >= 15 is 0 Å². The van der Waals surface area contributed by atoms with Gasteiger partial charge in [0.1, 0.15) is 0 Å². The van der Waals surface area contributed by atoms with Crippen LogP contribution in [0, 0.1) is 6.92 Å². The molecular weight excluding hydrogens is 228 g/mol. The number of rotatable bonds is 2. The summed E-state index contributed by atoms with van der Waals surface area (Å²) in [6.07, 6.45) is 0. The Morgan fingerprint density at radius 3 is 3.06 bits per heavy atom. The van der Waals surface area contributed by atoms with Gasteiger partial charge < -0.3 is 9.72 Å². The third kappa shape index (κ3) is 1.71. The Labute approximate surface area is 95.1 Å². The number of ether oxygens (including phenoxy) is 1. The third-order valence-electron chi connectivity index (χ3n) is 2.12. The van der Waals surface area contributed by atoms with E-state index in [0.717, 1.165) is 4.88 Å². The van der Waals surface area contributed by atoms with Gasteiger partial charge >= 0.3 is 5.97 Å². The first kappa shape index (κ1) is 10.8. The van der Waals surface area contributed by atoms with Gasteiger partial charge in [-0.1, -0.05) is 0 Å². The quantitative estimate of drug-likeness (QED) is 0.804. The number of aromatic nitrogens is 2. The van der Waals surface area contributed by atoms with E-state index in [2.05, 4.69) is 9.97 Å². The smallest absolute Gasteiger partial charge is 0.374 e. The summed E-state index contributed by atoms with van der Waals surface area (Å²) >= 11 is 1.43. The number of hydrogen-bond acceptors (Lipinski definition) is 5. The number of aryl methyl sites for hydroxylation is 1. The lowest BCUT2D eigenvalue weighted by Gasteiger charge is -2.00. The molecule has 0 amide bonds. The van der Waals surface area contributed by atoms with E-state index < -0.39 is 5.97 Å². The van der Waals surface area contributed by atoms with Crippen LogP contribution in [0.3, 0.4) is 0 Å². The van der Waals surface area contributed by atoms with E-state index in [0.29, 0.717) is 10.9 Å². The summed E-state index contributed by atoms with van der Waals surface area (Å²) in [4.78, 5) is 30.5. The van der Waals surface area contributed by atoms with Gasteiger partial charge in [0.2, 0.25) is 5.82 Å². The molecule has 0 aliphatic carbocycles. The molecule has 2 aromatic rings. The lowest BCUT2D eigenvalue weighted by molar-refractivity contribution is 0.0512. The van der Waals surface area contributed by atoms with E-state index in [1.807, 2.05) is 6.92 Å².